The molecule has 0 fully saturated rings. The molecule has 3 aromatic rings. The summed E-state index contributed by atoms with van der Waals surface area (Å²) in [6.45, 7) is 1.84. The van der Waals surface area contributed by atoms with E-state index in [1.807, 2.05) is 13.0 Å². The van der Waals surface area contributed by atoms with Gasteiger partial charge in [-0.05, 0) is 45.3 Å². The van der Waals surface area contributed by atoms with Crippen LogP contribution in [0.4, 0.5) is 5.69 Å². The van der Waals surface area contributed by atoms with E-state index in [2.05, 4.69) is 12.7 Å². The predicted molar refractivity (Wildman–Crippen MR) is 133 cm³/mol. The number of nitrogens with one attached hydrogen (secondary N) is 1. The van der Waals surface area contributed by atoms with Gasteiger partial charge in [0.15, 0.2) is 0 Å². The molecule has 0 saturated carbocycles. The zero-order valence-corrected chi connectivity index (χ0v) is 21.1. The van der Waals surface area contributed by atoms with Crippen LogP contribution < -0.4 is 4.72 Å². The Morgan fingerprint density at radius 1 is 1.12 bits per heavy atom. The zero-order valence-electron chi connectivity index (χ0n) is 18.5. The first-order valence-corrected chi connectivity index (χ1v) is 14.3. The maximum atomic E-state index is 13.7. The molecule has 11 heteroatoms. The number of ketones is 1. The molecule has 172 valence electrons. The van der Waals surface area contributed by atoms with Crippen molar-refractivity contribution in [1.29, 1.82) is 5.26 Å². The molecule has 0 aliphatic carbocycles. The maximum absolute atomic E-state index is 13.7. The summed E-state index contributed by atoms with van der Waals surface area (Å²) < 4.78 is 43.2. The van der Waals surface area contributed by atoms with Crippen LogP contribution in [0.3, 0.4) is 0 Å². The number of hydrogen-bond acceptors (Lipinski definition) is 6. The van der Waals surface area contributed by atoms with Gasteiger partial charge in [-0.25, -0.2) is 16.6 Å². The molecule has 1 aromatic heterocycles. The van der Waals surface area contributed by atoms with Gasteiger partial charge in [0.05, 0.1) is 19.7 Å². The van der Waals surface area contributed by atoms with Gasteiger partial charge in [0.25, 0.3) is 10.0 Å². The predicted octanol–water partition coefficient (Wildman–Crippen LogP) is 3.64. The van der Waals surface area contributed by atoms with Gasteiger partial charge < -0.3 is 9.62 Å². The Morgan fingerprint density at radius 3 is 2.30 bits per heavy atom. The van der Waals surface area contributed by atoms with Gasteiger partial charge >= 0.3 is 0 Å². The third-order valence-electron chi connectivity index (χ3n) is 4.62. The van der Waals surface area contributed by atoms with Crippen molar-refractivity contribution in [2.45, 2.75) is 11.8 Å². The first-order valence-electron chi connectivity index (χ1n) is 9.66. The summed E-state index contributed by atoms with van der Waals surface area (Å²) in [6.07, 6.45) is 2.78. The molecule has 1 heterocycles. The van der Waals surface area contributed by atoms with Gasteiger partial charge in [-0.15, -0.1) is 0 Å². The van der Waals surface area contributed by atoms with Crippen LogP contribution in [0.2, 0.25) is 0 Å². The molecule has 33 heavy (non-hydrogen) atoms. The minimum Gasteiger partial charge on any atom is -0.382 e. The average Bonchev–Trinajstić information content (AvgIpc) is 3.10. The number of rotatable bonds is 7. The number of nitrogens with zero attached hydrogens (tertiary/aromatic N) is 3. The Morgan fingerprint density at radius 2 is 1.76 bits per heavy atom. The fourth-order valence-electron chi connectivity index (χ4n) is 3.23. The first-order chi connectivity index (χ1) is 15.3. The number of aromatic nitrogens is 1. The largest absolute Gasteiger partial charge is 0.382 e. The van der Waals surface area contributed by atoms with E-state index in [4.69, 9.17) is 0 Å². The summed E-state index contributed by atoms with van der Waals surface area (Å²) in [5, 5.41) is 9.99. The van der Waals surface area contributed by atoms with Gasteiger partial charge in [0, 0.05) is 37.6 Å². The number of nitriles is 1. The average molecular weight is 503 g/mol. The SMILES string of the molecule is Cc1ccc(S(=O)(=O)n2c(C(=O)/C(C#N)=C/N(C)C)cc3ccc(NS(C)(=O)=P)cc32)cc1. The summed E-state index contributed by atoms with van der Waals surface area (Å²) in [7, 11) is -0.361. The van der Waals surface area contributed by atoms with E-state index in [1.54, 1.807) is 38.4 Å². The molecule has 0 aliphatic rings. The second-order valence-corrected chi connectivity index (χ2v) is 13.8. The van der Waals surface area contributed by atoms with Crippen molar-refractivity contribution in [3.05, 3.63) is 71.6 Å². The van der Waals surface area contributed by atoms with Crippen molar-refractivity contribution in [3.63, 3.8) is 0 Å². The number of aryl methyl sites for hydroxylation is 1. The number of hydrogen-bond donors (Lipinski definition) is 1. The molecule has 0 spiro atoms. The molecule has 0 aliphatic heterocycles. The summed E-state index contributed by atoms with van der Waals surface area (Å²) >= 11 is 0. The third-order valence-corrected chi connectivity index (χ3v) is 7.29. The Balaban J connectivity index is 2.36. The minimum atomic E-state index is -4.21. The molecule has 8 nitrogen and oxygen atoms in total. The molecule has 1 unspecified atom stereocenters. The second kappa shape index (κ2) is 9.02. The minimum absolute atomic E-state index is 0.00693. The quantitative estimate of drug-likeness (QED) is 0.229. The third kappa shape index (κ3) is 5.28. The number of fused-ring (bicyclic) bond motifs is 1. The van der Waals surface area contributed by atoms with Gasteiger partial charge in [0.2, 0.25) is 5.78 Å². The fraction of sp³-hybridized carbons (Fsp3) is 0.182. The van der Waals surface area contributed by atoms with Crippen LogP contribution in [0.5, 0.6) is 0 Å². The lowest BCUT2D eigenvalue weighted by atomic mass is 10.1. The van der Waals surface area contributed by atoms with Crippen molar-refractivity contribution in [1.82, 2.24) is 8.87 Å². The van der Waals surface area contributed by atoms with Crippen molar-refractivity contribution < 1.29 is 17.4 Å². The number of carbonyl (C=O) groups is 1. The Kier molecular flexibility index (Phi) is 6.70. The van der Waals surface area contributed by atoms with E-state index in [1.165, 1.54) is 41.6 Å². The molecule has 1 atom stereocenters. The Bertz CT molecular complexity index is 1530. The van der Waals surface area contributed by atoms with Crippen molar-refractivity contribution in [2.24, 2.45) is 0 Å². The highest BCUT2D eigenvalue weighted by Gasteiger charge is 2.28. The van der Waals surface area contributed by atoms with E-state index in [9.17, 15) is 22.7 Å². The van der Waals surface area contributed by atoms with E-state index >= 15 is 0 Å². The number of anilines is 1. The highest BCUT2D eigenvalue weighted by Crippen LogP contribution is 2.30. The van der Waals surface area contributed by atoms with Crippen LogP contribution >= 0.6 is 8.02 Å². The van der Waals surface area contributed by atoms with E-state index < -0.39 is 25.1 Å². The Hall–Kier alpha value is -3.12. The van der Waals surface area contributed by atoms with Gasteiger partial charge in [-0.3, -0.25) is 4.79 Å². The number of benzene rings is 2. The van der Waals surface area contributed by atoms with Crippen molar-refractivity contribution in [2.75, 3.05) is 25.1 Å². The number of Topliss-reactive ketones (excluding diaryl/α,β-unsaturated/α-hetero) is 1. The molecule has 2 aromatic carbocycles. The van der Waals surface area contributed by atoms with Crippen molar-refractivity contribution >= 4 is 49.7 Å². The lowest BCUT2D eigenvalue weighted by molar-refractivity contribution is 0.103. The highest BCUT2D eigenvalue weighted by atomic mass is 32.5. The maximum Gasteiger partial charge on any atom is 0.268 e. The van der Waals surface area contributed by atoms with Crippen molar-refractivity contribution in [3.8, 4) is 6.07 Å². The molecular weight excluding hydrogens is 479 g/mol. The molecule has 0 saturated heterocycles. The highest BCUT2D eigenvalue weighted by molar-refractivity contribution is 8.21. The Labute approximate surface area is 195 Å². The summed E-state index contributed by atoms with van der Waals surface area (Å²) in [5.41, 5.74) is 1.10. The number of carbonyl (C=O) groups excluding carboxylic acids is 1. The van der Waals surface area contributed by atoms with Crippen LogP contribution in [-0.4, -0.2) is 47.6 Å². The number of allylic oxidation sites excluding steroid dienone is 1. The summed E-state index contributed by atoms with van der Waals surface area (Å²) in [5.74, 6) is -0.730. The van der Waals surface area contributed by atoms with E-state index in [0.717, 1.165) is 9.54 Å². The van der Waals surface area contributed by atoms with E-state index in [0.29, 0.717) is 11.1 Å². The molecule has 0 bridgehead atoms. The van der Waals surface area contributed by atoms with Gasteiger partial charge in [-0.1, -0.05) is 23.8 Å². The summed E-state index contributed by atoms with van der Waals surface area (Å²) in [4.78, 5) is 14.8. The lowest BCUT2D eigenvalue weighted by Gasteiger charge is -2.13. The molecular formula is C22H23N4O4PS2. The van der Waals surface area contributed by atoms with Crippen LogP contribution in [-0.2, 0) is 19.3 Å². The molecule has 1 N–H and O–H groups in total. The molecule has 3 rings (SSSR count). The monoisotopic (exact) mass is 502 g/mol. The fourth-order valence-corrected chi connectivity index (χ4v) is 5.67. The smallest absolute Gasteiger partial charge is 0.268 e. The van der Waals surface area contributed by atoms with Crippen LogP contribution in [0.25, 0.3) is 10.9 Å². The molecule has 0 amide bonds. The zero-order chi connectivity index (χ0) is 24.6. The first kappa shape index (κ1) is 24.5. The normalized spacial score (nSPS) is 13.8. The lowest BCUT2D eigenvalue weighted by Crippen LogP contribution is -2.20. The topological polar surface area (TPSA) is 112 Å². The van der Waals surface area contributed by atoms with Crippen LogP contribution in [0, 0.1) is 18.3 Å². The van der Waals surface area contributed by atoms with E-state index in [-0.39, 0.29) is 21.7 Å². The molecule has 0 radical (unpaired) electrons. The van der Waals surface area contributed by atoms with Gasteiger partial charge in [-0.2, -0.15) is 5.26 Å². The van der Waals surface area contributed by atoms with Crippen LogP contribution in [0.1, 0.15) is 16.1 Å². The van der Waals surface area contributed by atoms with Crippen LogP contribution in [0.15, 0.2) is 65.2 Å². The van der Waals surface area contributed by atoms with Gasteiger partial charge in [0.1, 0.15) is 17.3 Å². The second-order valence-electron chi connectivity index (χ2n) is 7.78. The standard InChI is InChI=1S/C22H23N4O4PS2/c1-15-5-9-19(10-6-15)33(29,30)26-20-12-18(24-32(4,28)31)8-7-16(20)11-21(26)22(27)17(13-23)14-25(2)3/h5-12,14,31H,1-4H3,(H,24,28)/b17-14+. The summed E-state index contributed by atoms with van der Waals surface area (Å²) in [6, 6.07) is 14.3.